The molecule has 0 aromatic carbocycles. The van der Waals surface area contributed by atoms with Gasteiger partial charge < -0.3 is 5.32 Å². The molecule has 5 nitrogen and oxygen atoms in total. The number of hydrogen-bond acceptors (Lipinski definition) is 5. The summed E-state index contributed by atoms with van der Waals surface area (Å²) in [5, 5.41) is 11.8. The first kappa shape index (κ1) is 13.6. The van der Waals surface area contributed by atoms with Gasteiger partial charge in [0.1, 0.15) is 0 Å². The topological polar surface area (TPSA) is 55.6 Å². The third kappa shape index (κ3) is 2.34. The van der Waals surface area contributed by atoms with Crippen LogP contribution in [0.25, 0.3) is 0 Å². The highest BCUT2D eigenvalue weighted by Crippen LogP contribution is 2.32. The van der Waals surface area contributed by atoms with E-state index < -0.39 is 0 Å². The lowest BCUT2D eigenvalue weighted by atomic mass is 10.1. The number of halogens is 1. The summed E-state index contributed by atoms with van der Waals surface area (Å²) >= 11 is 5.00. The molecule has 0 bridgehead atoms. The van der Waals surface area contributed by atoms with Crippen LogP contribution in [0, 0.1) is 6.92 Å². The van der Waals surface area contributed by atoms with E-state index in [9.17, 15) is 0 Å². The minimum Gasteiger partial charge on any atom is -0.307 e. The molecule has 0 saturated carbocycles. The summed E-state index contributed by atoms with van der Waals surface area (Å²) in [4.78, 5) is 1.13. The van der Waals surface area contributed by atoms with E-state index in [2.05, 4.69) is 49.8 Å². The second-order valence-corrected chi connectivity index (χ2v) is 6.00. The van der Waals surface area contributed by atoms with E-state index in [1.807, 2.05) is 24.9 Å². The van der Waals surface area contributed by atoms with Gasteiger partial charge >= 0.3 is 0 Å². The zero-order valence-electron chi connectivity index (χ0n) is 10.8. The lowest BCUT2D eigenvalue weighted by molar-refractivity contribution is 0.484. The van der Waals surface area contributed by atoms with Crippen LogP contribution in [0.3, 0.4) is 0 Å². The fourth-order valence-electron chi connectivity index (χ4n) is 1.93. The average Bonchev–Trinajstić information content (AvgIpc) is 2.89. The third-order valence-corrected chi connectivity index (χ3v) is 4.29. The van der Waals surface area contributed by atoms with Gasteiger partial charge in [-0.2, -0.15) is 5.10 Å². The van der Waals surface area contributed by atoms with Gasteiger partial charge in [-0.15, -0.1) is 5.10 Å². The first-order chi connectivity index (χ1) is 8.56. The van der Waals surface area contributed by atoms with E-state index in [0.717, 1.165) is 20.7 Å². The Labute approximate surface area is 119 Å². The maximum atomic E-state index is 4.42. The van der Waals surface area contributed by atoms with Gasteiger partial charge in [0, 0.05) is 6.04 Å². The maximum Gasteiger partial charge on any atom is 0.0886 e. The molecule has 0 aliphatic heterocycles. The van der Waals surface area contributed by atoms with Crippen LogP contribution < -0.4 is 5.32 Å². The molecule has 0 aliphatic rings. The molecule has 1 atom stereocenters. The SMILES string of the molecule is CNC(c1snnc1C)c1c(Br)cnn1C(C)C. The molecule has 1 N–H and O–H groups in total. The zero-order chi connectivity index (χ0) is 13.3. The van der Waals surface area contributed by atoms with Gasteiger partial charge in [0.25, 0.3) is 0 Å². The highest BCUT2D eigenvalue weighted by Gasteiger charge is 2.25. The Morgan fingerprint density at radius 3 is 2.67 bits per heavy atom. The highest BCUT2D eigenvalue weighted by atomic mass is 79.9. The molecule has 0 saturated heterocycles. The van der Waals surface area contributed by atoms with Crippen LogP contribution in [0.15, 0.2) is 10.7 Å². The van der Waals surface area contributed by atoms with E-state index in [0.29, 0.717) is 6.04 Å². The molecule has 0 amide bonds. The summed E-state index contributed by atoms with van der Waals surface area (Å²) in [7, 11) is 1.94. The summed E-state index contributed by atoms with van der Waals surface area (Å²) in [5.74, 6) is 0. The van der Waals surface area contributed by atoms with Crippen molar-refractivity contribution in [2.24, 2.45) is 0 Å². The minimum absolute atomic E-state index is 0.0595. The van der Waals surface area contributed by atoms with Crippen molar-refractivity contribution in [3.63, 3.8) is 0 Å². The predicted octanol–water partition coefficient (Wildman–Crippen LogP) is 2.70. The van der Waals surface area contributed by atoms with E-state index in [1.54, 1.807) is 0 Å². The van der Waals surface area contributed by atoms with E-state index >= 15 is 0 Å². The maximum absolute atomic E-state index is 4.42. The molecule has 2 aromatic heterocycles. The van der Waals surface area contributed by atoms with Gasteiger partial charge in [-0.05, 0) is 55.3 Å². The van der Waals surface area contributed by atoms with E-state index in [1.165, 1.54) is 11.5 Å². The largest absolute Gasteiger partial charge is 0.307 e. The van der Waals surface area contributed by atoms with Gasteiger partial charge in [-0.3, -0.25) is 4.68 Å². The fourth-order valence-corrected chi connectivity index (χ4v) is 3.19. The number of hydrogen-bond donors (Lipinski definition) is 1. The normalized spacial score (nSPS) is 13.2. The lowest BCUT2D eigenvalue weighted by Gasteiger charge is -2.19. The molecule has 0 spiro atoms. The number of nitrogens with one attached hydrogen (secondary N) is 1. The Balaban J connectivity index is 2.52. The van der Waals surface area contributed by atoms with Crippen LogP contribution in [0.5, 0.6) is 0 Å². The first-order valence-corrected chi connectivity index (χ1v) is 7.32. The summed E-state index contributed by atoms with van der Waals surface area (Å²) in [5.41, 5.74) is 2.07. The van der Waals surface area contributed by atoms with Crippen LogP contribution >= 0.6 is 27.5 Å². The van der Waals surface area contributed by atoms with Gasteiger partial charge in [0.2, 0.25) is 0 Å². The number of aromatic nitrogens is 4. The molecular formula is C11H16BrN5S. The zero-order valence-corrected chi connectivity index (χ0v) is 13.2. The van der Waals surface area contributed by atoms with Crippen LogP contribution in [0.1, 0.15) is 42.2 Å². The van der Waals surface area contributed by atoms with E-state index in [-0.39, 0.29) is 6.04 Å². The van der Waals surface area contributed by atoms with Crippen LogP contribution in [-0.4, -0.2) is 26.4 Å². The van der Waals surface area contributed by atoms with Crippen molar-refractivity contribution in [3.05, 3.63) is 26.9 Å². The Hall–Kier alpha value is -0.790. The van der Waals surface area contributed by atoms with Gasteiger partial charge in [0.15, 0.2) is 0 Å². The summed E-state index contributed by atoms with van der Waals surface area (Å²) < 4.78 is 7.03. The van der Waals surface area contributed by atoms with Gasteiger partial charge in [-0.25, -0.2) is 0 Å². The molecule has 7 heteroatoms. The average molecular weight is 330 g/mol. The van der Waals surface area contributed by atoms with Crippen molar-refractivity contribution in [1.29, 1.82) is 0 Å². The smallest absolute Gasteiger partial charge is 0.0886 e. The minimum atomic E-state index is 0.0595. The summed E-state index contributed by atoms with van der Waals surface area (Å²) in [6.07, 6.45) is 1.84. The number of rotatable bonds is 4. The van der Waals surface area contributed by atoms with Crippen molar-refractivity contribution < 1.29 is 0 Å². The molecule has 2 aromatic rings. The van der Waals surface area contributed by atoms with Gasteiger partial charge in [0.05, 0.1) is 33.0 Å². The molecule has 2 rings (SSSR count). The second-order valence-electron chi connectivity index (χ2n) is 4.36. The van der Waals surface area contributed by atoms with Crippen molar-refractivity contribution in [2.75, 3.05) is 7.05 Å². The monoisotopic (exact) mass is 329 g/mol. The lowest BCUT2D eigenvalue weighted by Crippen LogP contribution is -2.22. The van der Waals surface area contributed by atoms with E-state index in [4.69, 9.17) is 0 Å². The Morgan fingerprint density at radius 2 is 2.17 bits per heavy atom. The molecule has 18 heavy (non-hydrogen) atoms. The molecule has 2 heterocycles. The fraction of sp³-hybridized carbons (Fsp3) is 0.545. The van der Waals surface area contributed by atoms with Crippen LogP contribution in [0.4, 0.5) is 0 Å². The second kappa shape index (κ2) is 5.46. The van der Waals surface area contributed by atoms with Crippen LogP contribution in [-0.2, 0) is 0 Å². The van der Waals surface area contributed by atoms with Crippen molar-refractivity contribution in [3.8, 4) is 0 Å². The third-order valence-electron chi connectivity index (χ3n) is 2.79. The molecule has 98 valence electrons. The van der Waals surface area contributed by atoms with Gasteiger partial charge in [-0.1, -0.05) is 4.49 Å². The molecule has 0 radical (unpaired) electrons. The Bertz CT molecular complexity index is 533. The summed E-state index contributed by atoms with van der Waals surface area (Å²) in [6.45, 7) is 6.22. The van der Waals surface area contributed by atoms with Crippen LogP contribution in [0.2, 0.25) is 0 Å². The highest BCUT2D eigenvalue weighted by molar-refractivity contribution is 9.10. The van der Waals surface area contributed by atoms with Crippen molar-refractivity contribution in [2.45, 2.75) is 32.9 Å². The quantitative estimate of drug-likeness (QED) is 0.936. The number of nitrogens with zero attached hydrogens (tertiary/aromatic N) is 4. The van der Waals surface area contributed by atoms with Crippen molar-refractivity contribution >= 4 is 27.5 Å². The first-order valence-electron chi connectivity index (χ1n) is 5.75. The molecule has 0 fully saturated rings. The predicted molar refractivity (Wildman–Crippen MR) is 75.9 cm³/mol. The Morgan fingerprint density at radius 1 is 1.44 bits per heavy atom. The molecule has 0 aliphatic carbocycles. The summed E-state index contributed by atoms with van der Waals surface area (Å²) in [6, 6.07) is 0.368. The standard InChI is InChI=1S/C11H16BrN5S/c1-6(2)17-10(8(12)5-14-17)9(13-4)11-7(3)15-16-18-11/h5-6,9,13H,1-4H3. The molecule has 1 unspecified atom stereocenters. The number of aryl methyl sites for hydroxylation is 1. The Kier molecular flexibility index (Phi) is 4.14. The molecular weight excluding hydrogens is 314 g/mol. The van der Waals surface area contributed by atoms with Crippen molar-refractivity contribution in [1.82, 2.24) is 24.7 Å².